The topological polar surface area (TPSA) is 26.3 Å². The van der Waals surface area contributed by atoms with E-state index in [1.54, 1.807) is 0 Å². The molecule has 28 heavy (non-hydrogen) atoms. The zero-order valence-corrected chi connectivity index (χ0v) is 17.8. The first kappa shape index (κ1) is 19.2. The first-order valence-electron chi connectivity index (χ1n) is 10.2. The molecule has 0 aliphatic carbocycles. The Bertz CT molecular complexity index is 1050. The summed E-state index contributed by atoms with van der Waals surface area (Å²) in [6.45, 7) is 2.72. The monoisotopic (exact) mass is 436 g/mol. The van der Waals surface area contributed by atoms with Crippen molar-refractivity contribution in [3.05, 3.63) is 58.6 Å². The van der Waals surface area contributed by atoms with Crippen LogP contribution >= 0.6 is 15.9 Å². The number of rotatable bonds is 8. The van der Waals surface area contributed by atoms with Crippen molar-refractivity contribution < 1.29 is 9.53 Å². The van der Waals surface area contributed by atoms with E-state index in [1.807, 2.05) is 12.1 Å². The zero-order chi connectivity index (χ0) is 19.5. The largest absolute Gasteiger partial charge is 0.462 e. The SMILES string of the molecule is CCCCCCCCOC(=O)c1cc2ccc3cc(Br)cc4ccc(c1)c2c34. The van der Waals surface area contributed by atoms with E-state index in [9.17, 15) is 4.79 Å². The molecule has 0 aliphatic rings. The van der Waals surface area contributed by atoms with Gasteiger partial charge in [0.2, 0.25) is 0 Å². The second-order valence-electron chi connectivity index (χ2n) is 7.56. The van der Waals surface area contributed by atoms with Gasteiger partial charge in [0.1, 0.15) is 0 Å². The third-order valence-corrected chi connectivity index (χ3v) is 5.92. The number of benzene rings is 4. The molecule has 144 valence electrons. The van der Waals surface area contributed by atoms with Crippen LogP contribution in [-0.4, -0.2) is 12.6 Å². The van der Waals surface area contributed by atoms with Gasteiger partial charge < -0.3 is 4.74 Å². The summed E-state index contributed by atoms with van der Waals surface area (Å²) in [5.74, 6) is -0.221. The summed E-state index contributed by atoms with van der Waals surface area (Å²) in [6, 6.07) is 16.7. The lowest BCUT2D eigenvalue weighted by Crippen LogP contribution is -2.06. The molecule has 0 spiro atoms. The van der Waals surface area contributed by atoms with Crippen LogP contribution in [-0.2, 0) is 4.74 Å². The lowest BCUT2D eigenvalue weighted by atomic mass is 9.93. The maximum atomic E-state index is 12.6. The van der Waals surface area contributed by atoms with E-state index in [0.29, 0.717) is 12.2 Å². The van der Waals surface area contributed by atoms with Crippen molar-refractivity contribution in [3.8, 4) is 0 Å². The molecule has 0 aliphatic heterocycles. The van der Waals surface area contributed by atoms with Gasteiger partial charge in [-0.3, -0.25) is 0 Å². The molecule has 0 heterocycles. The summed E-state index contributed by atoms with van der Waals surface area (Å²) in [7, 11) is 0. The number of carbonyl (C=O) groups is 1. The summed E-state index contributed by atoms with van der Waals surface area (Å²) < 4.78 is 6.61. The average Bonchev–Trinajstić information content (AvgIpc) is 2.70. The fourth-order valence-electron chi connectivity index (χ4n) is 4.05. The molecule has 0 aromatic heterocycles. The number of ether oxygens (including phenoxy) is 1. The molecule has 0 bridgehead atoms. The van der Waals surface area contributed by atoms with Crippen LogP contribution in [0.15, 0.2) is 53.0 Å². The van der Waals surface area contributed by atoms with Gasteiger partial charge in [0.05, 0.1) is 12.2 Å². The van der Waals surface area contributed by atoms with Crippen LogP contribution in [0.25, 0.3) is 32.3 Å². The summed E-state index contributed by atoms with van der Waals surface area (Å²) in [5, 5.41) is 7.07. The molecular weight excluding hydrogens is 412 g/mol. The highest BCUT2D eigenvalue weighted by Gasteiger charge is 2.14. The molecule has 0 radical (unpaired) electrons. The van der Waals surface area contributed by atoms with Crippen molar-refractivity contribution in [2.45, 2.75) is 45.4 Å². The Morgan fingerprint density at radius 2 is 1.29 bits per heavy atom. The standard InChI is InChI=1S/C25H25BrO2/c1-2-3-4-5-6-7-12-28-25(27)21-13-17-8-10-19-15-22(26)16-20-11-9-18(14-21)23(17)24(19)20/h8-11,13-16H,2-7,12H2,1H3. The molecule has 0 amide bonds. The first-order valence-corrected chi connectivity index (χ1v) is 11.0. The van der Waals surface area contributed by atoms with E-state index >= 15 is 0 Å². The lowest BCUT2D eigenvalue weighted by molar-refractivity contribution is 0.0498. The van der Waals surface area contributed by atoms with Gasteiger partial charge in [0, 0.05) is 4.47 Å². The van der Waals surface area contributed by atoms with Crippen molar-refractivity contribution in [1.82, 2.24) is 0 Å². The van der Waals surface area contributed by atoms with Gasteiger partial charge in [-0.05, 0) is 63.0 Å². The average molecular weight is 437 g/mol. The summed E-state index contributed by atoms with van der Waals surface area (Å²) in [6.07, 6.45) is 7.11. The molecule has 0 saturated carbocycles. The van der Waals surface area contributed by atoms with E-state index in [4.69, 9.17) is 4.74 Å². The highest BCUT2D eigenvalue weighted by Crippen LogP contribution is 2.36. The summed E-state index contributed by atoms with van der Waals surface area (Å²) in [4.78, 5) is 12.6. The Kier molecular flexibility index (Phi) is 5.82. The van der Waals surface area contributed by atoms with E-state index in [1.165, 1.54) is 47.2 Å². The second-order valence-corrected chi connectivity index (χ2v) is 8.47. The number of halogens is 1. The van der Waals surface area contributed by atoms with Crippen LogP contribution in [0.4, 0.5) is 0 Å². The molecule has 4 aromatic carbocycles. The van der Waals surface area contributed by atoms with Gasteiger partial charge in [0.15, 0.2) is 0 Å². The van der Waals surface area contributed by atoms with Gasteiger partial charge in [-0.1, -0.05) is 79.2 Å². The first-order chi connectivity index (χ1) is 13.7. The van der Waals surface area contributed by atoms with Crippen LogP contribution in [0, 0.1) is 0 Å². The normalized spacial score (nSPS) is 11.6. The van der Waals surface area contributed by atoms with Crippen molar-refractivity contribution >= 4 is 54.2 Å². The minimum atomic E-state index is -0.221. The lowest BCUT2D eigenvalue weighted by Gasteiger charge is -2.13. The summed E-state index contributed by atoms with van der Waals surface area (Å²) in [5.41, 5.74) is 0.637. The maximum Gasteiger partial charge on any atom is 0.338 e. The molecule has 0 fully saturated rings. The fraction of sp³-hybridized carbons (Fsp3) is 0.320. The third-order valence-electron chi connectivity index (χ3n) is 5.47. The maximum absolute atomic E-state index is 12.6. The van der Waals surface area contributed by atoms with E-state index in [-0.39, 0.29) is 5.97 Å². The van der Waals surface area contributed by atoms with Crippen LogP contribution in [0.3, 0.4) is 0 Å². The van der Waals surface area contributed by atoms with Gasteiger partial charge >= 0.3 is 5.97 Å². The van der Waals surface area contributed by atoms with Crippen molar-refractivity contribution in [2.75, 3.05) is 6.61 Å². The smallest absolute Gasteiger partial charge is 0.338 e. The highest BCUT2D eigenvalue weighted by atomic mass is 79.9. The van der Waals surface area contributed by atoms with Gasteiger partial charge in [0.25, 0.3) is 0 Å². The quantitative estimate of drug-likeness (QED) is 0.159. The van der Waals surface area contributed by atoms with Crippen LogP contribution < -0.4 is 0 Å². The Morgan fingerprint density at radius 1 is 0.786 bits per heavy atom. The van der Waals surface area contributed by atoms with Gasteiger partial charge in [-0.2, -0.15) is 0 Å². The van der Waals surface area contributed by atoms with Gasteiger partial charge in [-0.25, -0.2) is 4.79 Å². The van der Waals surface area contributed by atoms with E-state index in [2.05, 4.69) is 59.3 Å². The Balaban J connectivity index is 1.54. The molecule has 2 nitrogen and oxygen atoms in total. The van der Waals surface area contributed by atoms with Crippen LogP contribution in [0.5, 0.6) is 0 Å². The predicted octanol–water partition coefficient (Wildman–Crippen LogP) is 7.86. The van der Waals surface area contributed by atoms with Crippen LogP contribution in [0.2, 0.25) is 0 Å². The molecule has 0 N–H and O–H groups in total. The molecule has 3 heteroatoms. The van der Waals surface area contributed by atoms with Gasteiger partial charge in [-0.15, -0.1) is 0 Å². The molecule has 4 aromatic rings. The molecular formula is C25H25BrO2. The Morgan fingerprint density at radius 3 is 1.86 bits per heavy atom. The predicted molar refractivity (Wildman–Crippen MR) is 122 cm³/mol. The van der Waals surface area contributed by atoms with Crippen molar-refractivity contribution in [2.24, 2.45) is 0 Å². The van der Waals surface area contributed by atoms with Crippen LogP contribution in [0.1, 0.15) is 55.8 Å². The summed E-state index contributed by atoms with van der Waals surface area (Å²) >= 11 is 3.59. The highest BCUT2D eigenvalue weighted by molar-refractivity contribution is 9.10. The Labute approximate surface area is 174 Å². The fourth-order valence-corrected chi connectivity index (χ4v) is 4.54. The van der Waals surface area contributed by atoms with E-state index < -0.39 is 0 Å². The number of hydrogen-bond donors (Lipinski definition) is 0. The third kappa shape index (κ3) is 3.86. The number of unbranched alkanes of at least 4 members (excludes halogenated alkanes) is 5. The number of esters is 1. The van der Waals surface area contributed by atoms with E-state index in [0.717, 1.165) is 28.1 Å². The second kappa shape index (κ2) is 8.48. The molecule has 4 rings (SSSR count). The minimum Gasteiger partial charge on any atom is -0.462 e. The molecule has 0 saturated heterocycles. The molecule has 0 unspecified atom stereocenters. The Hall–Kier alpha value is -2.13. The van der Waals surface area contributed by atoms with Crippen molar-refractivity contribution in [1.29, 1.82) is 0 Å². The van der Waals surface area contributed by atoms with Crippen molar-refractivity contribution in [3.63, 3.8) is 0 Å². The number of carbonyl (C=O) groups excluding carboxylic acids is 1. The molecule has 0 atom stereocenters. The zero-order valence-electron chi connectivity index (χ0n) is 16.3. The minimum absolute atomic E-state index is 0.221. The number of hydrogen-bond acceptors (Lipinski definition) is 2.